The second-order valence-corrected chi connectivity index (χ2v) is 4.96. The third-order valence-electron chi connectivity index (χ3n) is 3.82. The quantitative estimate of drug-likeness (QED) is 0.651. The van der Waals surface area contributed by atoms with Crippen LogP contribution in [0.5, 0.6) is 0 Å². The number of anilines is 1. The molecule has 0 aliphatic heterocycles. The van der Waals surface area contributed by atoms with Gasteiger partial charge >= 0.3 is 5.69 Å². The average Bonchev–Trinajstić information content (AvgIpc) is 2.46. The Balaban J connectivity index is 2.13. The normalized spacial score (nSPS) is 23.1. The van der Waals surface area contributed by atoms with Gasteiger partial charge in [-0.3, -0.25) is 10.1 Å². The number of hydrogen-bond donors (Lipinski definition) is 1. The van der Waals surface area contributed by atoms with Gasteiger partial charge in [0.05, 0.1) is 4.92 Å². The molecule has 19 heavy (non-hydrogen) atoms. The third-order valence-corrected chi connectivity index (χ3v) is 3.82. The topological polar surface area (TPSA) is 98.2 Å². The summed E-state index contributed by atoms with van der Waals surface area (Å²) in [5.74, 6) is 0.966. The summed E-state index contributed by atoms with van der Waals surface area (Å²) in [5.41, 5.74) is 5.73. The van der Waals surface area contributed by atoms with Crippen LogP contribution >= 0.6 is 0 Å². The maximum absolute atomic E-state index is 10.6. The molecule has 0 aromatic carbocycles. The first kappa shape index (κ1) is 13.7. The molecule has 2 unspecified atom stereocenters. The third kappa shape index (κ3) is 2.98. The molecule has 7 nitrogen and oxygen atoms in total. The van der Waals surface area contributed by atoms with E-state index in [4.69, 9.17) is 5.73 Å². The summed E-state index contributed by atoms with van der Waals surface area (Å²) in [6.07, 6.45) is 7.08. The smallest absolute Gasteiger partial charge is 0.305 e. The molecule has 7 heteroatoms. The van der Waals surface area contributed by atoms with Crippen LogP contribution < -0.4 is 10.6 Å². The number of aromatic nitrogens is 2. The minimum Gasteiger partial charge on any atom is -0.341 e. The fraction of sp³-hybridized carbons (Fsp3) is 0.667. The van der Waals surface area contributed by atoms with E-state index >= 15 is 0 Å². The van der Waals surface area contributed by atoms with Gasteiger partial charge in [-0.1, -0.05) is 12.8 Å². The maximum atomic E-state index is 10.6. The van der Waals surface area contributed by atoms with Crippen LogP contribution in [0.3, 0.4) is 0 Å². The lowest BCUT2D eigenvalue weighted by molar-refractivity contribution is -0.385. The summed E-state index contributed by atoms with van der Waals surface area (Å²) in [4.78, 5) is 20.2. The Hall–Kier alpha value is -1.76. The zero-order valence-corrected chi connectivity index (χ0v) is 11.0. The van der Waals surface area contributed by atoms with Crippen molar-refractivity contribution in [1.82, 2.24) is 9.97 Å². The van der Waals surface area contributed by atoms with E-state index in [9.17, 15) is 10.1 Å². The monoisotopic (exact) mass is 265 g/mol. The van der Waals surface area contributed by atoms with E-state index in [-0.39, 0.29) is 5.69 Å². The van der Waals surface area contributed by atoms with E-state index in [1.54, 1.807) is 0 Å². The summed E-state index contributed by atoms with van der Waals surface area (Å²) in [6, 6.07) is 0.320. The van der Waals surface area contributed by atoms with Crippen LogP contribution in [0.15, 0.2) is 12.4 Å². The van der Waals surface area contributed by atoms with Gasteiger partial charge in [0.1, 0.15) is 12.4 Å². The number of nitro groups is 1. The summed E-state index contributed by atoms with van der Waals surface area (Å²) in [7, 11) is 1.93. The number of rotatable bonds is 4. The van der Waals surface area contributed by atoms with Crippen molar-refractivity contribution in [2.75, 3.05) is 18.5 Å². The highest BCUT2D eigenvalue weighted by Crippen LogP contribution is 2.29. The van der Waals surface area contributed by atoms with Crippen molar-refractivity contribution in [3.05, 3.63) is 22.5 Å². The Bertz CT molecular complexity index is 436. The summed E-state index contributed by atoms with van der Waals surface area (Å²) >= 11 is 0. The van der Waals surface area contributed by atoms with Crippen LogP contribution in [0, 0.1) is 16.0 Å². The molecule has 1 heterocycles. The first-order valence-corrected chi connectivity index (χ1v) is 6.53. The van der Waals surface area contributed by atoms with Gasteiger partial charge < -0.3 is 10.6 Å². The van der Waals surface area contributed by atoms with Crippen LogP contribution in [0.4, 0.5) is 11.6 Å². The van der Waals surface area contributed by atoms with Gasteiger partial charge in [0.25, 0.3) is 0 Å². The molecular weight excluding hydrogens is 246 g/mol. The SMILES string of the molecule is CN(c1ncc([N+](=O)[O-])cn1)C1CCCCC1CN. The molecule has 0 bridgehead atoms. The minimum absolute atomic E-state index is 0.0869. The summed E-state index contributed by atoms with van der Waals surface area (Å²) in [6.45, 7) is 0.655. The van der Waals surface area contributed by atoms with E-state index < -0.39 is 4.92 Å². The second kappa shape index (κ2) is 5.92. The van der Waals surface area contributed by atoms with Crippen LogP contribution in [0.2, 0.25) is 0 Å². The molecular formula is C12H19N5O2. The standard InChI is InChI=1S/C12H19N5O2/c1-16(11-5-3-2-4-9(11)6-13)12-14-7-10(8-15-12)17(18)19/h7-9,11H,2-6,13H2,1H3. The molecule has 2 N–H and O–H groups in total. The molecule has 1 aromatic rings. The maximum Gasteiger partial charge on any atom is 0.305 e. The van der Waals surface area contributed by atoms with Gasteiger partial charge in [-0.25, -0.2) is 9.97 Å². The van der Waals surface area contributed by atoms with Gasteiger partial charge in [0.15, 0.2) is 0 Å². The fourth-order valence-corrected chi connectivity index (χ4v) is 2.71. The molecule has 0 spiro atoms. The zero-order valence-electron chi connectivity index (χ0n) is 11.0. The van der Waals surface area contributed by atoms with Crippen LogP contribution in [-0.2, 0) is 0 Å². The zero-order chi connectivity index (χ0) is 13.8. The van der Waals surface area contributed by atoms with Crippen molar-refractivity contribution in [2.45, 2.75) is 31.7 Å². The first-order valence-electron chi connectivity index (χ1n) is 6.53. The molecule has 1 aromatic heterocycles. The van der Waals surface area contributed by atoms with Crippen molar-refractivity contribution < 1.29 is 4.92 Å². The summed E-state index contributed by atoms with van der Waals surface area (Å²) in [5, 5.41) is 10.6. The van der Waals surface area contributed by atoms with Gasteiger partial charge in [-0.15, -0.1) is 0 Å². The van der Waals surface area contributed by atoms with Gasteiger partial charge in [-0.2, -0.15) is 0 Å². The molecule has 1 saturated carbocycles. The Kier molecular flexibility index (Phi) is 4.26. The predicted octanol–water partition coefficient (Wildman–Crippen LogP) is 1.34. The fourth-order valence-electron chi connectivity index (χ4n) is 2.71. The van der Waals surface area contributed by atoms with Crippen molar-refractivity contribution >= 4 is 11.6 Å². The predicted molar refractivity (Wildman–Crippen MR) is 71.9 cm³/mol. The van der Waals surface area contributed by atoms with E-state index in [1.807, 2.05) is 11.9 Å². The highest BCUT2D eigenvalue weighted by Gasteiger charge is 2.28. The van der Waals surface area contributed by atoms with Crippen molar-refractivity contribution in [3.63, 3.8) is 0 Å². The molecule has 0 amide bonds. The number of hydrogen-bond acceptors (Lipinski definition) is 6. The molecule has 2 atom stereocenters. The highest BCUT2D eigenvalue weighted by molar-refractivity contribution is 5.34. The Labute approximate surface area is 112 Å². The van der Waals surface area contributed by atoms with Gasteiger partial charge in [0.2, 0.25) is 5.95 Å². The second-order valence-electron chi connectivity index (χ2n) is 4.96. The van der Waals surface area contributed by atoms with Crippen LogP contribution in [-0.4, -0.2) is 34.5 Å². The van der Waals surface area contributed by atoms with E-state index in [0.29, 0.717) is 24.5 Å². The largest absolute Gasteiger partial charge is 0.341 e. The first-order chi connectivity index (χ1) is 9.13. The molecule has 1 fully saturated rings. The van der Waals surface area contributed by atoms with E-state index in [2.05, 4.69) is 9.97 Å². The van der Waals surface area contributed by atoms with Crippen molar-refractivity contribution in [1.29, 1.82) is 0 Å². The van der Waals surface area contributed by atoms with E-state index in [1.165, 1.54) is 25.2 Å². The van der Waals surface area contributed by atoms with Crippen molar-refractivity contribution in [3.8, 4) is 0 Å². The van der Waals surface area contributed by atoms with E-state index in [0.717, 1.165) is 12.8 Å². The average molecular weight is 265 g/mol. The molecule has 2 rings (SSSR count). The highest BCUT2D eigenvalue weighted by atomic mass is 16.6. The van der Waals surface area contributed by atoms with Crippen molar-refractivity contribution in [2.24, 2.45) is 11.7 Å². The van der Waals surface area contributed by atoms with Crippen LogP contribution in [0.1, 0.15) is 25.7 Å². The molecule has 104 valence electrons. The summed E-state index contributed by atoms with van der Waals surface area (Å²) < 4.78 is 0. The molecule has 1 aliphatic rings. The van der Waals surface area contributed by atoms with Gasteiger partial charge in [0, 0.05) is 13.1 Å². The van der Waals surface area contributed by atoms with Gasteiger partial charge in [-0.05, 0) is 25.3 Å². The minimum atomic E-state index is -0.493. The molecule has 0 radical (unpaired) electrons. The van der Waals surface area contributed by atoms with Crippen LogP contribution in [0.25, 0.3) is 0 Å². The number of nitrogens with zero attached hydrogens (tertiary/aromatic N) is 4. The molecule has 1 aliphatic carbocycles. The Morgan fingerprint density at radius 1 is 1.42 bits per heavy atom. The number of nitrogens with two attached hydrogens (primary N) is 1. The molecule has 0 saturated heterocycles. The lowest BCUT2D eigenvalue weighted by Crippen LogP contribution is -2.43. The Morgan fingerprint density at radius 3 is 2.63 bits per heavy atom. The Morgan fingerprint density at radius 2 is 2.05 bits per heavy atom. The lowest BCUT2D eigenvalue weighted by Gasteiger charge is -2.37. The lowest BCUT2D eigenvalue weighted by atomic mass is 9.84.